The Labute approximate surface area is 197 Å². The van der Waals surface area contributed by atoms with Crippen molar-refractivity contribution in [2.75, 3.05) is 13.2 Å². The Bertz CT molecular complexity index is 1300. The van der Waals surface area contributed by atoms with Gasteiger partial charge in [0.1, 0.15) is 12.7 Å². The second kappa shape index (κ2) is 9.20. The largest absolute Gasteiger partial charge is 0.486 e. The van der Waals surface area contributed by atoms with E-state index >= 15 is 0 Å². The standard InChI is InChI=1S/C27H25ClN2O3/c1-30-16-23(21-9-2-3-10-24(21)30)22(18-7-6-8-19(28)13-18)14-27(31)29-15-20-17-32-25-11-4-5-12-26(25)33-20/h2-13,16,20,22H,14-15,17H2,1H3,(H,29,31)/t20-,22-/m0/s1. The number of carbonyl (C=O) groups excluding carboxylic acids is 1. The van der Waals surface area contributed by atoms with Gasteiger partial charge in [-0.25, -0.2) is 0 Å². The molecule has 5 nitrogen and oxygen atoms in total. The molecular weight excluding hydrogens is 436 g/mol. The summed E-state index contributed by atoms with van der Waals surface area (Å²) >= 11 is 6.30. The second-order valence-corrected chi connectivity index (χ2v) is 8.76. The van der Waals surface area contributed by atoms with Gasteiger partial charge in [-0.05, 0) is 41.5 Å². The molecule has 0 saturated heterocycles. The number of para-hydroxylation sites is 3. The van der Waals surface area contributed by atoms with Crippen LogP contribution in [0.3, 0.4) is 0 Å². The van der Waals surface area contributed by atoms with Crippen LogP contribution < -0.4 is 14.8 Å². The van der Waals surface area contributed by atoms with Crippen LogP contribution in [0, 0.1) is 0 Å². The van der Waals surface area contributed by atoms with Gasteiger partial charge in [-0.15, -0.1) is 0 Å². The highest BCUT2D eigenvalue weighted by molar-refractivity contribution is 6.30. The summed E-state index contributed by atoms with van der Waals surface area (Å²) in [6, 6.07) is 23.6. The van der Waals surface area contributed by atoms with Crippen molar-refractivity contribution in [1.82, 2.24) is 9.88 Å². The molecule has 6 heteroatoms. The molecule has 0 spiro atoms. The first-order valence-electron chi connectivity index (χ1n) is 11.0. The van der Waals surface area contributed by atoms with Crippen molar-refractivity contribution in [2.45, 2.75) is 18.4 Å². The quantitative estimate of drug-likeness (QED) is 0.424. The number of fused-ring (bicyclic) bond motifs is 2. The number of aryl methyl sites for hydroxylation is 1. The predicted octanol–water partition coefficient (Wildman–Crippen LogP) is 5.31. The van der Waals surface area contributed by atoms with E-state index in [2.05, 4.69) is 28.2 Å². The van der Waals surface area contributed by atoms with Gasteiger partial charge in [-0.1, -0.05) is 54.1 Å². The summed E-state index contributed by atoms with van der Waals surface area (Å²) in [6.45, 7) is 0.781. The van der Waals surface area contributed by atoms with Crippen molar-refractivity contribution in [3.05, 3.63) is 95.1 Å². The summed E-state index contributed by atoms with van der Waals surface area (Å²) in [5.41, 5.74) is 3.25. The van der Waals surface area contributed by atoms with E-state index < -0.39 is 0 Å². The van der Waals surface area contributed by atoms with Gasteiger partial charge in [0.2, 0.25) is 5.91 Å². The van der Waals surface area contributed by atoms with Gasteiger partial charge in [0.25, 0.3) is 0 Å². The lowest BCUT2D eigenvalue weighted by Crippen LogP contribution is -2.41. The summed E-state index contributed by atoms with van der Waals surface area (Å²) in [5, 5.41) is 4.83. The molecule has 33 heavy (non-hydrogen) atoms. The lowest BCUT2D eigenvalue weighted by molar-refractivity contribution is -0.121. The van der Waals surface area contributed by atoms with Gasteiger partial charge in [0, 0.05) is 41.5 Å². The highest BCUT2D eigenvalue weighted by Gasteiger charge is 2.25. The average Bonchev–Trinajstić information content (AvgIpc) is 3.17. The Morgan fingerprint density at radius 1 is 1.09 bits per heavy atom. The van der Waals surface area contributed by atoms with Crippen molar-refractivity contribution < 1.29 is 14.3 Å². The van der Waals surface area contributed by atoms with Crippen LogP contribution in [0.4, 0.5) is 0 Å². The number of amides is 1. The summed E-state index contributed by atoms with van der Waals surface area (Å²) in [5.74, 6) is 1.27. The number of hydrogen-bond donors (Lipinski definition) is 1. The molecule has 3 aromatic carbocycles. The fourth-order valence-corrected chi connectivity index (χ4v) is 4.63. The third-order valence-electron chi connectivity index (χ3n) is 6.04. The zero-order valence-corrected chi connectivity index (χ0v) is 19.1. The van der Waals surface area contributed by atoms with Crippen LogP contribution in [0.2, 0.25) is 5.02 Å². The van der Waals surface area contributed by atoms with Crippen LogP contribution >= 0.6 is 11.6 Å². The number of nitrogens with zero attached hydrogens (tertiary/aromatic N) is 1. The molecule has 0 radical (unpaired) electrons. The molecule has 1 aliphatic rings. The van der Waals surface area contributed by atoms with Crippen LogP contribution in [0.25, 0.3) is 10.9 Å². The predicted molar refractivity (Wildman–Crippen MR) is 130 cm³/mol. The Morgan fingerprint density at radius 3 is 2.73 bits per heavy atom. The zero-order valence-electron chi connectivity index (χ0n) is 18.3. The summed E-state index contributed by atoms with van der Waals surface area (Å²) in [7, 11) is 2.03. The van der Waals surface area contributed by atoms with E-state index in [9.17, 15) is 4.79 Å². The maximum atomic E-state index is 13.1. The number of ether oxygens (including phenoxy) is 2. The third kappa shape index (κ3) is 4.55. The number of nitrogens with one attached hydrogen (secondary N) is 1. The van der Waals surface area contributed by atoms with E-state index in [1.54, 1.807) is 0 Å². The Balaban J connectivity index is 1.35. The highest BCUT2D eigenvalue weighted by Crippen LogP contribution is 2.35. The average molecular weight is 461 g/mol. The van der Waals surface area contributed by atoms with Gasteiger partial charge in [0.05, 0.1) is 6.54 Å². The first kappa shape index (κ1) is 21.4. The number of aromatic nitrogens is 1. The van der Waals surface area contributed by atoms with Crippen LogP contribution in [-0.4, -0.2) is 29.7 Å². The van der Waals surface area contributed by atoms with Gasteiger partial charge in [-0.2, -0.15) is 0 Å². The molecule has 0 bridgehead atoms. The Morgan fingerprint density at radius 2 is 1.88 bits per heavy atom. The molecular formula is C27H25ClN2O3. The maximum Gasteiger partial charge on any atom is 0.221 e. The topological polar surface area (TPSA) is 52.5 Å². The lowest BCUT2D eigenvalue weighted by atomic mass is 9.88. The minimum atomic E-state index is -0.231. The van der Waals surface area contributed by atoms with Gasteiger partial charge < -0.3 is 19.4 Å². The molecule has 2 atom stereocenters. The molecule has 0 unspecified atom stereocenters. The zero-order chi connectivity index (χ0) is 22.8. The minimum absolute atomic E-state index is 0.0460. The highest BCUT2D eigenvalue weighted by atomic mass is 35.5. The van der Waals surface area contributed by atoms with E-state index in [0.717, 1.165) is 27.8 Å². The smallest absolute Gasteiger partial charge is 0.221 e. The van der Waals surface area contributed by atoms with Crippen molar-refractivity contribution in [3.8, 4) is 11.5 Å². The van der Waals surface area contributed by atoms with Gasteiger partial charge >= 0.3 is 0 Å². The molecule has 2 heterocycles. The van der Waals surface area contributed by atoms with Crippen LogP contribution in [0.1, 0.15) is 23.5 Å². The molecule has 168 valence electrons. The van der Waals surface area contributed by atoms with E-state index in [4.69, 9.17) is 21.1 Å². The van der Waals surface area contributed by atoms with Gasteiger partial charge in [-0.3, -0.25) is 4.79 Å². The number of carbonyl (C=O) groups is 1. The Kier molecular flexibility index (Phi) is 5.97. The van der Waals surface area contributed by atoms with E-state index in [1.165, 1.54) is 0 Å². The molecule has 0 fully saturated rings. The monoisotopic (exact) mass is 460 g/mol. The normalized spacial score (nSPS) is 15.9. The lowest BCUT2D eigenvalue weighted by Gasteiger charge is -2.26. The summed E-state index contributed by atoms with van der Waals surface area (Å²) in [4.78, 5) is 13.1. The van der Waals surface area contributed by atoms with Crippen molar-refractivity contribution in [3.63, 3.8) is 0 Å². The first-order chi connectivity index (χ1) is 16.1. The molecule has 4 aromatic rings. The minimum Gasteiger partial charge on any atom is -0.486 e. The maximum absolute atomic E-state index is 13.1. The molecule has 1 N–H and O–H groups in total. The summed E-state index contributed by atoms with van der Waals surface area (Å²) < 4.78 is 13.8. The SMILES string of the molecule is Cn1cc([C@@H](CC(=O)NC[C@H]2COc3ccccc3O2)c2cccc(Cl)c2)c2ccccc21. The Hall–Kier alpha value is -3.44. The molecule has 1 amide bonds. The number of benzene rings is 3. The van der Waals surface area contributed by atoms with Crippen molar-refractivity contribution >= 4 is 28.4 Å². The van der Waals surface area contributed by atoms with Crippen molar-refractivity contribution in [2.24, 2.45) is 7.05 Å². The van der Waals surface area contributed by atoms with E-state index in [-0.39, 0.29) is 17.9 Å². The fraction of sp³-hybridized carbons (Fsp3) is 0.222. The van der Waals surface area contributed by atoms with E-state index in [1.807, 2.05) is 67.7 Å². The number of rotatable bonds is 6. The third-order valence-corrected chi connectivity index (χ3v) is 6.27. The van der Waals surface area contributed by atoms with E-state index in [0.29, 0.717) is 30.3 Å². The number of halogens is 1. The summed E-state index contributed by atoms with van der Waals surface area (Å²) in [6.07, 6.45) is 2.18. The first-order valence-corrected chi connectivity index (χ1v) is 11.4. The molecule has 5 rings (SSSR count). The van der Waals surface area contributed by atoms with Crippen LogP contribution in [0.15, 0.2) is 79.0 Å². The molecule has 0 aliphatic carbocycles. The van der Waals surface area contributed by atoms with Crippen molar-refractivity contribution in [1.29, 1.82) is 0 Å². The number of hydrogen-bond acceptors (Lipinski definition) is 3. The second-order valence-electron chi connectivity index (χ2n) is 8.33. The van der Waals surface area contributed by atoms with Crippen LogP contribution in [-0.2, 0) is 11.8 Å². The van der Waals surface area contributed by atoms with Crippen LogP contribution in [0.5, 0.6) is 11.5 Å². The molecule has 1 aromatic heterocycles. The fourth-order valence-electron chi connectivity index (χ4n) is 4.43. The van der Waals surface area contributed by atoms with Gasteiger partial charge in [0.15, 0.2) is 11.5 Å². The molecule has 0 saturated carbocycles. The molecule has 1 aliphatic heterocycles.